The number of rotatable bonds is 5. The minimum absolute atomic E-state index is 0.136. The van der Waals surface area contributed by atoms with Crippen molar-refractivity contribution in [3.63, 3.8) is 0 Å². The second kappa shape index (κ2) is 6.88. The Morgan fingerprint density at radius 3 is 3.13 bits per heavy atom. The van der Waals surface area contributed by atoms with E-state index in [0.29, 0.717) is 37.1 Å². The molecule has 1 atom stereocenters. The van der Waals surface area contributed by atoms with Crippen LogP contribution in [0, 0.1) is 6.92 Å². The SMILES string of the molecule is CCc1nc(C2CN(CC(=O)Nc3cc(C)on3)CCO2)n[nH]1. The first-order valence-electron chi connectivity index (χ1n) is 7.62. The average Bonchev–Trinajstić information content (AvgIpc) is 3.16. The van der Waals surface area contributed by atoms with E-state index in [-0.39, 0.29) is 18.6 Å². The number of hydrogen-bond donors (Lipinski definition) is 2. The number of carbonyl (C=O) groups excluding carboxylic acids is 1. The maximum Gasteiger partial charge on any atom is 0.239 e. The summed E-state index contributed by atoms with van der Waals surface area (Å²) in [5.41, 5.74) is 0. The zero-order chi connectivity index (χ0) is 16.2. The number of nitrogens with one attached hydrogen (secondary N) is 2. The second-order valence-electron chi connectivity index (χ2n) is 5.46. The molecule has 0 spiro atoms. The molecule has 0 saturated carbocycles. The molecule has 23 heavy (non-hydrogen) atoms. The van der Waals surface area contributed by atoms with Gasteiger partial charge in [-0.2, -0.15) is 5.10 Å². The molecule has 0 bridgehead atoms. The van der Waals surface area contributed by atoms with Crippen LogP contribution in [-0.2, 0) is 16.0 Å². The van der Waals surface area contributed by atoms with Gasteiger partial charge in [-0.05, 0) is 6.92 Å². The Hall–Kier alpha value is -2.26. The van der Waals surface area contributed by atoms with Crippen molar-refractivity contribution in [3.8, 4) is 0 Å². The van der Waals surface area contributed by atoms with Crippen molar-refractivity contribution in [2.45, 2.75) is 26.4 Å². The lowest BCUT2D eigenvalue weighted by Gasteiger charge is -2.30. The second-order valence-corrected chi connectivity index (χ2v) is 5.46. The zero-order valence-electron chi connectivity index (χ0n) is 13.2. The summed E-state index contributed by atoms with van der Waals surface area (Å²) in [4.78, 5) is 18.5. The third kappa shape index (κ3) is 3.93. The van der Waals surface area contributed by atoms with Crippen LogP contribution in [0.15, 0.2) is 10.6 Å². The van der Waals surface area contributed by atoms with E-state index in [9.17, 15) is 4.79 Å². The van der Waals surface area contributed by atoms with Gasteiger partial charge in [0.1, 0.15) is 17.7 Å². The first-order valence-corrected chi connectivity index (χ1v) is 7.62. The van der Waals surface area contributed by atoms with Gasteiger partial charge in [-0.25, -0.2) is 4.98 Å². The molecule has 0 aliphatic carbocycles. The Morgan fingerprint density at radius 1 is 1.57 bits per heavy atom. The number of hydrogen-bond acceptors (Lipinski definition) is 7. The van der Waals surface area contributed by atoms with Crippen molar-refractivity contribution in [1.29, 1.82) is 0 Å². The van der Waals surface area contributed by atoms with Crippen LogP contribution in [0.25, 0.3) is 0 Å². The van der Waals surface area contributed by atoms with E-state index in [1.165, 1.54) is 0 Å². The van der Waals surface area contributed by atoms with Gasteiger partial charge in [0.25, 0.3) is 0 Å². The fourth-order valence-corrected chi connectivity index (χ4v) is 2.43. The summed E-state index contributed by atoms with van der Waals surface area (Å²) in [5, 5.41) is 13.5. The minimum atomic E-state index is -0.220. The van der Waals surface area contributed by atoms with Crippen LogP contribution in [0.1, 0.15) is 30.4 Å². The first kappa shape index (κ1) is 15.6. The molecule has 2 aromatic heterocycles. The van der Waals surface area contributed by atoms with Crippen molar-refractivity contribution in [1.82, 2.24) is 25.2 Å². The summed E-state index contributed by atoms with van der Waals surface area (Å²) >= 11 is 0. The molecule has 2 aromatic rings. The minimum Gasteiger partial charge on any atom is -0.367 e. The smallest absolute Gasteiger partial charge is 0.239 e. The lowest BCUT2D eigenvalue weighted by atomic mass is 10.2. The Bertz CT molecular complexity index is 667. The number of ether oxygens (including phenoxy) is 1. The molecule has 2 N–H and O–H groups in total. The number of carbonyl (C=O) groups is 1. The highest BCUT2D eigenvalue weighted by Gasteiger charge is 2.26. The maximum absolute atomic E-state index is 12.1. The summed E-state index contributed by atoms with van der Waals surface area (Å²) < 4.78 is 10.6. The monoisotopic (exact) mass is 320 g/mol. The molecule has 9 nitrogen and oxygen atoms in total. The lowest BCUT2D eigenvalue weighted by Crippen LogP contribution is -2.42. The van der Waals surface area contributed by atoms with Crippen LogP contribution in [0.5, 0.6) is 0 Å². The van der Waals surface area contributed by atoms with E-state index in [4.69, 9.17) is 9.26 Å². The molecule has 3 heterocycles. The molecule has 1 saturated heterocycles. The molecule has 9 heteroatoms. The summed E-state index contributed by atoms with van der Waals surface area (Å²) in [6.07, 6.45) is 0.575. The van der Waals surface area contributed by atoms with Gasteiger partial charge in [-0.3, -0.25) is 14.8 Å². The maximum atomic E-state index is 12.1. The number of H-pyrrole nitrogens is 1. The van der Waals surface area contributed by atoms with Crippen LogP contribution in [-0.4, -0.2) is 57.4 Å². The topological polar surface area (TPSA) is 109 Å². The molecule has 1 unspecified atom stereocenters. The van der Waals surface area contributed by atoms with Crippen molar-refractivity contribution >= 4 is 11.7 Å². The molecule has 0 radical (unpaired) electrons. The first-order chi connectivity index (χ1) is 11.1. The van der Waals surface area contributed by atoms with Crippen molar-refractivity contribution in [2.75, 3.05) is 31.6 Å². The Labute approximate surface area is 133 Å². The van der Waals surface area contributed by atoms with Crippen LogP contribution < -0.4 is 5.32 Å². The summed E-state index contributed by atoms with van der Waals surface area (Å²) in [6.45, 7) is 5.85. The number of anilines is 1. The highest BCUT2D eigenvalue weighted by atomic mass is 16.5. The Balaban J connectivity index is 1.54. The van der Waals surface area contributed by atoms with Gasteiger partial charge in [0.2, 0.25) is 5.91 Å². The standard InChI is InChI=1S/C14H20N6O3/c1-3-11-16-14(18-17-11)10-7-20(4-5-22-10)8-13(21)15-12-6-9(2)23-19-12/h6,10H,3-5,7-8H2,1-2H3,(H,15,19,21)(H,16,17,18). The Morgan fingerprint density at radius 2 is 2.43 bits per heavy atom. The summed E-state index contributed by atoms with van der Waals surface area (Å²) in [6, 6.07) is 1.68. The van der Waals surface area contributed by atoms with E-state index in [1.807, 2.05) is 11.8 Å². The van der Waals surface area contributed by atoms with Crippen molar-refractivity contribution in [2.24, 2.45) is 0 Å². The quantitative estimate of drug-likeness (QED) is 0.833. The van der Waals surface area contributed by atoms with Gasteiger partial charge in [0.05, 0.1) is 13.2 Å². The number of aryl methyl sites for hydroxylation is 2. The normalized spacial score (nSPS) is 19.0. The number of amides is 1. The third-order valence-corrected chi connectivity index (χ3v) is 3.59. The Kier molecular flexibility index (Phi) is 4.68. The van der Waals surface area contributed by atoms with Crippen molar-refractivity contribution < 1.29 is 14.1 Å². The van der Waals surface area contributed by atoms with Crippen LogP contribution in [0.4, 0.5) is 5.82 Å². The van der Waals surface area contributed by atoms with Gasteiger partial charge in [0.15, 0.2) is 11.6 Å². The molecule has 1 amide bonds. The van der Waals surface area contributed by atoms with E-state index >= 15 is 0 Å². The fraction of sp³-hybridized carbons (Fsp3) is 0.571. The van der Waals surface area contributed by atoms with Gasteiger partial charge in [-0.15, -0.1) is 0 Å². The molecule has 1 aliphatic heterocycles. The van der Waals surface area contributed by atoms with E-state index in [2.05, 4.69) is 25.7 Å². The third-order valence-electron chi connectivity index (χ3n) is 3.59. The summed E-state index contributed by atoms with van der Waals surface area (Å²) in [5.74, 6) is 2.42. The molecule has 0 aromatic carbocycles. The number of nitrogens with zero attached hydrogens (tertiary/aromatic N) is 4. The highest BCUT2D eigenvalue weighted by molar-refractivity contribution is 5.91. The van der Waals surface area contributed by atoms with Gasteiger partial charge in [0, 0.05) is 25.6 Å². The largest absolute Gasteiger partial charge is 0.367 e. The van der Waals surface area contributed by atoms with Crippen molar-refractivity contribution in [3.05, 3.63) is 23.5 Å². The summed E-state index contributed by atoms with van der Waals surface area (Å²) in [7, 11) is 0. The van der Waals surface area contributed by atoms with E-state index in [1.54, 1.807) is 13.0 Å². The number of morpholine rings is 1. The van der Waals surface area contributed by atoms with Gasteiger partial charge >= 0.3 is 0 Å². The molecular formula is C14H20N6O3. The lowest BCUT2D eigenvalue weighted by molar-refractivity contribution is -0.119. The van der Waals surface area contributed by atoms with Crippen LogP contribution >= 0.6 is 0 Å². The van der Waals surface area contributed by atoms with Gasteiger partial charge < -0.3 is 14.6 Å². The molecular weight excluding hydrogens is 300 g/mol. The van der Waals surface area contributed by atoms with Crippen LogP contribution in [0.3, 0.4) is 0 Å². The van der Waals surface area contributed by atoms with Crippen LogP contribution in [0.2, 0.25) is 0 Å². The zero-order valence-corrected chi connectivity index (χ0v) is 13.2. The number of aromatic nitrogens is 4. The number of aromatic amines is 1. The molecule has 3 rings (SSSR count). The van der Waals surface area contributed by atoms with E-state index in [0.717, 1.165) is 12.2 Å². The average molecular weight is 320 g/mol. The predicted octanol–water partition coefficient (Wildman–Crippen LogP) is 0.676. The predicted molar refractivity (Wildman–Crippen MR) is 80.8 cm³/mol. The molecule has 1 aliphatic rings. The fourth-order valence-electron chi connectivity index (χ4n) is 2.43. The molecule has 124 valence electrons. The van der Waals surface area contributed by atoms with Gasteiger partial charge in [-0.1, -0.05) is 12.1 Å². The van der Waals surface area contributed by atoms with E-state index < -0.39 is 0 Å². The highest BCUT2D eigenvalue weighted by Crippen LogP contribution is 2.19. The molecule has 1 fully saturated rings.